The van der Waals surface area contributed by atoms with Gasteiger partial charge in [-0.25, -0.2) is 0 Å². The topological polar surface area (TPSA) is 26.0 Å². The SMILES string of the molecule is NC(CC1CC1)c1cc(Cl)ccc1Cl. The first-order valence-electron chi connectivity index (χ1n) is 4.87. The zero-order valence-electron chi connectivity index (χ0n) is 7.84. The molecule has 1 aromatic rings. The normalized spacial score (nSPS) is 18.2. The molecule has 1 aromatic carbocycles. The van der Waals surface area contributed by atoms with Crippen molar-refractivity contribution in [2.24, 2.45) is 11.7 Å². The van der Waals surface area contributed by atoms with E-state index in [0.717, 1.165) is 22.9 Å². The molecule has 1 unspecified atom stereocenters. The summed E-state index contributed by atoms with van der Waals surface area (Å²) >= 11 is 12.0. The molecule has 0 bridgehead atoms. The quantitative estimate of drug-likeness (QED) is 0.839. The Morgan fingerprint density at radius 1 is 1.36 bits per heavy atom. The van der Waals surface area contributed by atoms with Crippen molar-refractivity contribution in [2.45, 2.75) is 25.3 Å². The molecule has 2 rings (SSSR count). The Labute approximate surface area is 94.2 Å². The first-order chi connectivity index (χ1) is 6.66. The molecule has 0 amide bonds. The van der Waals surface area contributed by atoms with Crippen LogP contribution in [0.3, 0.4) is 0 Å². The van der Waals surface area contributed by atoms with Gasteiger partial charge in [-0.2, -0.15) is 0 Å². The van der Waals surface area contributed by atoms with Gasteiger partial charge in [-0.1, -0.05) is 36.0 Å². The Hall–Kier alpha value is -0.240. The van der Waals surface area contributed by atoms with Gasteiger partial charge in [0.25, 0.3) is 0 Å². The molecule has 0 saturated heterocycles. The van der Waals surface area contributed by atoms with Gasteiger partial charge in [-0.05, 0) is 36.1 Å². The molecule has 14 heavy (non-hydrogen) atoms. The summed E-state index contributed by atoms with van der Waals surface area (Å²) in [6, 6.07) is 5.51. The Bertz CT molecular complexity index is 334. The second-order valence-electron chi connectivity index (χ2n) is 3.95. The molecule has 1 aliphatic carbocycles. The van der Waals surface area contributed by atoms with Crippen LogP contribution in [-0.4, -0.2) is 0 Å². The van der Waals surface area contributed by atoms with Crippen molar-refractivity contribution in [1.82, 2.24) is 0 Å². The fourth-order valence-corrected chi connectivity index (χ4v) is 2.08. The monoisotopic (exact) mass is 229 g/mol. The number of rotatable bonds is 3. The predicted molar refractivity (Wildman–Crippen MR) is 60.7 cm³/mol. The minimum Gasteiger partial charge on any atom is -0.324 e. The van der Waals surface area contributed by atoms with E-state index in [1.165, 1.54) is 12.8 Å². The van der Waals surface area contributed by atoms with Crippen LogP contribution in [0.25, 0.3) is 0 Å². The van der Waals surface area contributed by atoms with Crippen molar-refractivity contribution >= 4 is 23.2 Å². The molecule has 0 aliphatic heterocycles. The number of hydrogen-bond acceptors (Lipinski definition) is 1. The van der Waals surface area contributed by atoms with E-state index in [0.29, 0.717) is 5.02 Å². The lowest BCUT2D eigenvalue weighted by atomic mass is 10.0. The lowest BCUT2D eigenvalue weighted by Crippen LogP contribution is -2.11. The molecular weight excluding hydrogens is 217 g/mol. The Balaban J connectivity index is 2.15. The second kappa shape index (κ2) is 4.09. The summed E-state index contributed by atoms with van der Waals surface area (Å²) in [6.45, 7) is 0. The van der Waals surface area contributed by atoms with Gasteiger partial charge in [0, 0.05) is 16.1 Å². The molecule has 2 N–H and O–H groups in total. The second-order valence-corrected chi connectivity index (χ2v) is 4.80. The summed E-state index contributed by atoms with van der Waals surface area (Å²) < 4.78 is 0. The average molecular weight is 230 g/mol. The largest absolute Gasteiger partial charge is 0.324 e. The number of benzene rings is 1. The van der Waals surface area contributed by atoms with Crippen LogP contribution in [0.5, 0.6) is 0 Å². The van der Waals surface area contributed by atoms with Crippen molar-refractivity contribution in [3.05, 3.63) is 33.8 Å². The van der Waals surface area contributed by atoms with Crippen molar-refractivity contribution in [2.75, 3.05) is 0 Å². The van der Waals surface area contributed by atoms with Gasteiger partial charge >= 0.3 is 0 Å². The van der Waals surface area contributed by atoms with E-state index in [-0.39, 0.29) is 6.04 Å². The maximum Gasteiger partial charge on any atom is 0.0454 e. The highest BCUT2D eigenvalue weighted by molar-refractivity contribution is 6.33. The van der Waals surface area contributed by atoms with E-state index < -0.39 is 0 Å². The van der Waals surface area contributed by atoms with Crippen LogP contribution in [0.15, 0.2) is 18.2 Å². The maximum atomic E-state index is 6.06. The summed E-state index contributed by atoms with van der Waals surface area (Å²) in [7, 11) is 0. The van der Waals surface area contributed by atoms with Crippen LogP contribution < -0.4 is 5.73 Å². The zero-order chi connectivity index (χ0) is 10.1. The van der Waals surface area contributed by atoms with Gasteiger partial charge in [-0.3, -0.25) is 0 Å². The minimum absolute atomic E-state index is 0.0358. The Morgan fingerprint density at radius 3 is 2.71 bits per heavy atom. The fraction of sp³-hybridized carbons (Fsp3) is 0.455. The highest BCUT2D eigenvalue weighted by atomic mass is 35.5. The lowest BCUT2D eigenvalue weighted by Gasteiger charge is -2.13. The Morgan fingerprint density at radius 2 is 2.07 bits per heavy atom. The summed E-state index contributed by atoms with van der Waals surface area (Å²) in [6.07, 6.45) is 3.65. The summed E-state index contributed by atoms with van der Waals surface area (Å²) in [5, 5.41) is 1.43. The molecule has 1 saturated carbocycles. The molecule has 0 heterocycles. The van der Waals surface area contributed by atoms with Crippen LogP contribution >= 0.6 is 23.2 Å². The summed E-state index contributed by atoms with van der Waals surface area (Å²) in [5.41, 5.74) is 7.04. The molecule has 1 fully saturated rings. The van der Waals surface area contributed by atoms with Crippen molar-refractivity contribution in [3.63, 3.8) is 0 Å². The number of nitrogens with two attached hydrogens (primary N) is 1. The van der Waals surface area contributed by atoms with E-state index in [2.05, 4.69) is 0 Å². The molecule has 76 valence electrons. The Kier molecular flexibility index (Phi) is 3.01. The molecule has 1 atom stereocenters. The van der Waals surface area contributed by atoms with Gasteiger partial charge in [0.15, 0.2) is 0 Å². The van der Waals surface area contributed by atoms with Gasteiger partial charge in [0.1, 0.15) is 0 Å². The molecule has 0 aromatic heterocycles. The van der Waals surface area contributed by atoms with Gasteiger partial charge in [-0.15, -0.1) is 0 Å². The third-order valence-electron chi connectivity index (χ3n) is 2.64. The molecule has 0 spiro atoms. The van der Waals surface area contributed by atoms with E-state index in [4.69, 9.17) is 28.9 Å². The lowest BCUT2D eigenvalue weighted by molar-refractivity contribution is 0.597. The van der Waals surface area contributed by atoms with Crippen LogP contribution in [0.4, 0.5) is 0 Å². The molecule has 1 nitrogen and oxygen atoms in total. The highest BCUT2D eigenvalue weighted by Crippen LogP contribution is 2.38. The van der Waals surface area contributed by atoms with E-state index in [9.17, 15) is 0 Å². The van der Waals surface area contributed by atoms with E-state index in [1.54, 1.807) is 6.07 Å². The summed E-state index contributed by atoms with van der Waals surface area (Å²) in [4.78, 5) is 0. The molecular formula is C11H13Cl2N. The minimum atomic E-state index is 0.0358. The zero-order valence-corrected chi connectivity index (χ0v) is 9.35. The van der Waals surface area contributed by atoms with Gasteiger partial charge in [0.2, 0.25) is 0 Å². The van der Waals surface area contributed by atoms with Crippen molar-refractivity contribution in [1.29, 1.82) is 0 Å². The van der Waals surface area contributed by atoms with E-state index in [1.807, 2.05) is 12.1 Å². The molecule has 3 heteroatoms. The first kappa shape index (κ1) is 10.3. The highest BCUT2D eigenvalue weighted by Gasteiger charge is 2.25. The standard InChI is InChI=1S/C11H13Cl2N/c12-8-3-4-10(13)9(6-8)11(14)5-7-1-2-7/h3-4,6-7,11H,1-2,5,14H2. The number of halogens is 2. The average Bonchev–Trinajstić information content (AvgIpc) is 2.93. The van der Waals surface area contributed by atoms with Crippen LogP contribution in [-0.2, 0) is 0 Å². The van der Waals surface area contributed by atoms with Crippen LogP contribution in [0, 0.1) is 5.92 Å². The van der Waals surface area contributed by atoms with Crippen molar-refractivity contribution < 1.29 is 0 Å². The predicted octanol–water partition coefficient (Wildman–Crippen LogP) is 3.79. The first-order valence-corrected chi connectivity index (χ1v) is 5.63. The summed E-state index contributed by atoms with van der Waals surface area (Å²) in [5.74, 6) is 0.806. The van der Waals surface area contributed by atoms with Crippen LogP contribution in [0.2, 0.25) is 10.0 Å². The van der Waals surface area contributed by atoms with Crippen molar-refractivity contribution in [3.8, 4) is 0 Å². The molecule has 1 aliphatic rings. The molecule has 0 radical (unpaired) electrons. The fourth-order valence-electron chi connectivity index (χ4n) is 1.64. The third-order valence-corrected chi connectivity index (χ3v) is 3.22. The third kappa shape index (κ3) is 2.41. The van der Waals surface area contributed by atoms with Gasteiger partial charge < -0.3 is 5.73 Å². The maximum absolute atomic E-state index is 6.06. The van der Waals surface area contributed by atoms with E-state index >= 15 is 0 Å². The van der Waals surface area contributed by atoms with Crippen LogP contribution in [0.1, 0.15) is 30.9 Å². The van der Waals surface area contributed by atoms with Gasteiger partial charge in [0.05, 0.1) is 0 Å². The number of hydrogen-bond donors (Lipinski definition) is 1. The smallest absolute Gasteiger partial charge is 0.0454 e.